The van der Waals surface area contributed by atoms with Crippen LogP contribution in [0.1, 0.15) is 24.0 Å². The zero-order chi connectivity index (χ0) is 26.5. The number of nitrogens with one attached hydrogen (secondary N) is 3. The summed E-state index contributed by atoms with van der Waals surface area (Å²) in [5, 5.41) is 15.6. The van der Waals surface area contributed by atoms with Gasteiger partial charge in [0.25, 0.3) is 0 Å². The number of thiophene rings is 2. The van der Waals surface area contributed by atoms with Crippen LogP contribution in [0.15, 0.2) is 59.3 Å². The van der Waals surface area contributed by atoms with Crippen LogP contribution >= 0.6 is 22.7 Å². The Labute approximate surface area is 230 Å². The van der Waals surface area contributed by atoms with Crippen LogP contribution in [-0.2, 0) is 27.2 Å². The third-order valence-corrected chi connectivity index (χ3v) is 9.38. The van der Waals surface area contributed by atoms with Gasteiger partial charge in [0.15, 0.2) is 0 Å². The average Bonchev–Trinajstić information content (AvgIpc) is 3.56. The molecular formula is C29H32N4O3S2. The van der Waals surface area contributed by atoms with E-state index in [9.17, 15) is 14.4 Å². The molecule has 0 spiro atoms. The van der Waals surface area contributed by atoms with E-state index in [2.05, 4.69) is 51.0 Å². The Morgan fingerprint density at radius 3 is 2.16 bits per heavy atom. The van der Waals surface area contributed by atoms with E-state index in [1.807, 2.05) is 24.3 Å². The van der Waals surface area contributed by atoms with Crippen LogP contribution in [0.2, 0.25) is 0 Å². The molecule has 38 heavy (non-hydrogen) atoms. The van der Waals surface area contributed by atoms with E-state index >= 15 is 0 Å². The molecule has 2 atom stereocenters. The van der Waals surface area contributed by atoms with Crippen molar-refractivity contribution in [3.05, 3.63) is 70.4 Å². The van der Waals surface area contributed by atoms with Gasteiger partial charge in [0.05, 0.1) is 0 Å². The molecule has 3 N–H and O–H groups in total. The molecule has 0 saturated carbocycles. The van der Waals surface area contributed by atoms with E-state index in [1.54, 1.807) is 34.6 Å². The molecule has 0 aliphatic carbocycles. The molecule has 4 aromatic rings. The van der Waals surface area contributed by atoms with Crippen LogP contribution in [0.5, 0.6) is 0 Å². The zero-order valence-corrected chi connectivity index (χ0v) is 22.9. The first kappa shape index (κ1) is 26.3. The number of benzene rings is 2. The van der Waals surface area contributed by atoms with Crippen molar-refractivity contribution < 1.29 is 14.4 Å². The Kier molecular flexibility index (Phi) is 8.36. The molecule has 2 aromatic carbocycles. The first-order valence-corrected chi connectivity index (χ1v) is 14.7. The number of carbonyl (C=O) groups is 3. The van der Waals surface area contributed by atoms with Crippen molar-refractivity contribution in [2.75, 3.05) is 20.1 Å². The third kappa shape index (κ3) is 5.75. The monoisotopic (exact) mass is 548 g/mol. The van der Waals surface area contributed by atoms with Crippen LogP contribution in [0.25, 0.3) is 20.2 Å². The van der Waals surface area contributed by atoms with Crippen molar-refractivity contribution in [3.8, 4) is 0 Å². The minimum absolute atomic E-state index is 0.0819. The molecule has 198 valence electrons. The molecule has 9 heteroatoms. The molecule has 7 nitrogen and oxygen atoms in total. The van der Waals surface area contributed by atoms with Gasteiger partial charge in [0, 0.05) is 35.2 Å². The number of piperidine rings is 1. The Hall–Kier alpha value is -3.27. The molecule has 1 fully saturated rings. The summed E-state index contributed by atoms with van der Waals surface area (Å²) in [6.07, 6.45) is 2.46. The average molecular weight is 549 g/mol. The minimum atomic E-state index is -0.740. The summed E-state index contributed by atoms with van der Waals surface area (Å²) in [4.78, 5) is 40.4. The number of rotatable bonds is 10. The van der Waals surface area contributed by atoms with E-state index in [0.717, 1.165) is 57.2 Å². The molecule has 0 bridgehead atoms. The van der Waals surface area contributed by atoms with Gasteiger partial charge in [-0.1, -0.05) is 36.4 Å². The van der Waals surface area contributed by atoms with Gasteiger partial charge in [-0.3, -0.25) is 14.4 Å². The van der Waals surface area contributed by atoms with E-state index in [1.165, 1.54) is 0 Å². The lowest BCUT2D eigenvalue weighted by Crippen LogP contribution is -2.56. The zero-order valence-electron chi connectivity index (χ0n) is 21.3. The van der Waals surface area contributed by atoms with Crippen molar-refractivity contribution in [2.45, 2.75) is 37.9 Å². The molecule has 0 unspecified atom stereocenters. The van der Waals surface area contributed by atoms with Crippen LogP contribution in [-0.4, -0.2) is 55.5 Å². The van der Waals surface area contributed by atoms with Crippen molar-refractivity contribution in [1.29, 1.82) is 0 Å². The van der Waals surface area contributed by atoms with Gasteiger partial charge < -0.3 is 20.9 Å². The number of amides is 3. The number of likely N-dealkylation sites (N-methyl/N-ethyl adjacent to an activating group) is 1. The highest BCUT2D eigenvalue weighted by Gasteiger charge is 2.32. The van der Waals surface area contributed by atoms with Crippen LogP contribution < -0.4 is 16.0 Å². The fourth-order valence-corrected chi connectivity index (χ4v) is 7.12. The highest BCUT2D eigenvalue weighted by atomic mass is 32.1. The summed E-state index contributed by atoms with van der Waals surface area (Å²) in [5.74, 6) is -0.417. The number of hydrogen-bond acceptors (Lipinski definition) is 6. The first-order chi connectivity index (χ1) is 18.5. The number of nitrogens with zero attached hydrogens (tertiary/aromatic N) is 1. The highest BCUT2D eigenvalue weighted by molar-refractivity contribution is 7.17. The molecular weight excluding hydrogens is 516 g/mol. The van der Waals surface area contributed by atoms with Crippen molar-refractivity contribution in [3.63, 3.8) is 0 Å². The second-order valence-electron chi connectivity index (χ2n) is 9.76. The van der Waals surface area contributed by atoms with Crippen molar-refractivity contribution >= 4 is 61.1 Å². The lowest BCUT2D eigenvalue weighted by molar-refractivity contribution is -0.139. The van der Waals surface area contributed by atoms with Crippen LogP contribution in [0, 0.1) is 5.92 Å². The summed E-state index contributed by atoms with van der Waals surface area (Å²) < 4.78 is 2.31. The Bertz CT molecular complexity index is 1430. The fraction of sp³-hybridized carbons (Fsp3) is 0.345. The van der Waals surface area contributed by atoms with Gasteiger partial charge in [-0.25, -0.2) is 0 Å². The molecule has 3 amide bonds. The first-order valence-electron chi connectivity index (χ1n) is 12.9. The molecule has 1 aliphatic rings. The lowest BCUT2D eigenvalue weighted by Gasteiger charge is -2.32. The second kappa shape index (κ2) is 12.1. The standard InChI is InChI=1S/C29H32N4O3S2/c1-33(27(31-18-34)15-21-17-38-26-9-5-3-7-23(21)26)29(36)24(32-28(35)19-10-12-30-13-11-19)14-20-16-37-25-8-4-2-6-22(20)25/h2-9,16-19,24,27,30H,10-15H2,1H3,(H,31,34)(H,32,35)/t24-,27-/m1/s1. The van der Waals surface area contributed by atoms with Crippen LogP contribution in [0.4, 0.5) is 0 Å². The maximum Gasteiger partial charge on any atom is 0.246 e. The minimum Gasteiger partial charge on any atom is -0.344 e. The molecule has 0 radical (unpaired) electrons. The lowest BCUT2D eigenvalue weighted by atomic mass is 9.96. The maximum absolute atomic E-state index is 14.0. The molecule has 1 saturated heterocycles. The number of hydrogen-bond donors (Lipinski definition) is 3. The Balaban J connectivity index is 1.39. The summed E-state index contributed by atoms with van der Waals surface area (Å²) in [6.45, 7) is 1.59. The predicted molar refractivity (Wildman–Crippen MR) is 154 cm³/mol. The fourth-order valence-electron chi connectivity index (χ4n) is 5.17. The normalized spacial score (nSPS) is 15.7. The maximum atomic E-state index is 14.0. The van der Waals surface area contributed by atoms with E-state index in [4.69, 9.17) is 0 Å². The van der Waals surface area contributed by atoms with Gasteiger partial charge in [-0.05, 0) is 70.7 Å². The third-order valence-electron chi connectivity index (χ3n) is 7.36. The second-order valence-corrected chi connectivity index (χ2v) is 11.6. The van der Waals surface area contributed by atoms with E-state index < -0.39 is 12.2 Å². The summed E-state index contributed by atoms with van der Waals surface area (Å²) in [5.41, 5.74) is 2.11. The Morgan fingerprint density at radius 2 is 1.55 bits per heavy atom. The van der Waals surface area contributed by atoms with Gasteiger partial charge in [0.1, 0.15) is 12.2 Å². The number of carbonyl (C=O) groups excluding carboxylic acids is 3. The van der Waals surface area contributed by atoms with Crippen LogP contribution in [0.3, 0.4) is 0 Å². The highest BCUT2D eigenvalue weighted by Crippen LogP contribution is 2.29. The van der Waals surface area contributed by atoms with E-state index in [-0.39, 0.29) is 17.7 Å². The Morgan fingerprint density at radius 1 is 0.974 bits per heavy atom. The SMILES string of the molecule is CN(C(=O)[C@@H](Cc1csc2ccccc12)NC(=O)C1CCNCC1)[C@H](Cc1csc2ccccc12)NC=O. The van der Waals surface area contributed by atoms with Gasteiger partial charge in [-0.15, -0.1) is 22.7 Å². The smallest absolute Gasteiger partial charge is 0.246 e. The van der Waals surface area contributed by atoms with Gasteiger partial charge in [0.2, 0.25) is 18.2 Å². The quantitative estimate of drug-likeness (QED) is 0.207. The topological polar surface area (TPSA) is 90.5 Å². The molecule has 1 aliphatic heterocycles. The summed E-state index contributed by atoms with van der Waals surface area (Å²) in [7, 11) is 1.70. The predicted octanol–water partition coefficient (Wildman–Crippen LogP) is 3.92. The largest absolute Gasteiger partial charge is 0.344 e. The van der Waals surface area contributed by atoms with Crippen molar-refractivity contribution in [2.24, 2.45) is 5.92 Å². The molecule has 2 aromatic heterocycles. The van der Waals surface area contributed by atoms with Gasteiger partial charge in [-0.2, -0.15) is 0 Å². The molecule has 3 heterocycles. The summed E-state index contributed by atoms with van der Waals surface area (Å²) in [6, 6.07) is 15.5. The summed E-state index contributed by atoms with van der Waals surface area (Å²) >= 11 is 3.29. The van der Waals surface area contributed by atoms with E-state index in [0.29, 0.717) is 19.3 Å². The van der Waals surface area contributed by atoms with Gasteiger partial charge >= 0.3 is 0 Å². The van der Waals surface area contributed by atoms with Crippen molar-refractivity contribution in [1.82, 2.24) is 20.9 Å². The number of fused-ring (bicyclic) bond motifs is 2. The molecule has 5 rings (SSSR count).